The van der Waals surface area contributed by atoms with Crippen LogP contribution in [-0.2, 0) is 23.9 Å². The number of aromatic nitrogens is 2. The molecule has 0 aliphatic carbocycles. The van der Waals surface area contributed by atoms with Crippen LogP contribution in [0.2, 0.25) is 0 Å². The molecule has 3 aromatic rings. The number of hydrogen-bond donors (Lipinski definition) is 1. The highest BCUT2D eigenvalue weighted by Crippen LogP contribution is 2.33. The number of carboxylic acids is 1. The molecule has 2 aromatic heterocycles. The number of fused-ring (bicyclic) bond motifs is 1. The third-order valence-corrected chi connectivity index (χ3v) is 4.19. The van der Waals surface area contributed by atoms with Crippen LogP contribution in [0.4, 0.5) is 13.2 Å². The van der Waals surface area contributed by atoms with E-state index < -0.39 is 17.7 Å². The summed E-state index contributed by atoms with van der Waals surface area (Å²) in [6.07, 6.45) is -3.12. The van der Waals surface area contributed by atoms with E-state index in [1.54, 1.807) is 35.9 Å². The highest BCUT2D eigenvalue weighted by atomic mass is 19.4. The Morgan fingerprint density at radius 2 is 1.92 bits per heavy atom. The molecule has 0 spiro atoms. The van der Waals surface area contributed by atoms with Crippen LogP contribution in [0, 0.1) is 6.92 Å². The Morgan fingerprint density at radius 3 is 2.60 bits per heavy atom. The molecule has 0 saturated carbocycles. The Kier molecular flexibility index (Phi) is 4.24. The van der Waals surface area contributed by atoms with Gasteiger partial charge in [0.15, 0.2) is 0 Å². The normalized spacial score (nSPS) is 11.8. The minimum atomic E-state index is -4.45. The van der Waals surface area contributed by atoms with Crippen molar-refractivity contribution in [2.24, 2.45) is 0 Å². The third kappa shape index (κ3) is 3.22. The van der Waals surface area contributed by atoms with Crippen LogP contribution in [0.5, 0.6) is 0 Å². The quantitative estimate of drug-likeness (QED) is 0.774. The van der Waals surface area contributed by atoms with Crippen LogP contribution >= 0.6 is 0 Å². The van der Waals surface area contributed by atoms with Gasteiger partial charge in [0, 0.05) is 23.8 Å². The Morgan fingerprint density at radius 1 is 1.20 bits per heavy atom. The molecular formula is C18H15F3N2O2. The predicted octanol–water partition coefficient (Wildman–Crippen LogP) is 4.04. The molecule has 130 valence electrons. The molecule has 1 N–H and O–H groups in total. The van der Waals surface area contributed by atoms with Crippen LogP contribution in [0.1, 0.15) is 22.4 Å². The molecule has 1 aromatic carbocycles. The van der Waals surface area contributed by atoms with Crippen molar-refractivity contribution in [3.8, 4) is 0 Å². The van der Waals surface area contributed by atoms with Gasteiger partial charge in [-0.15, -0.1) is 0 Å². The fourth-order valence-electron chi connectivity index (χ4n) is 3.04. The van der Waals surface area contributed by atoms with Gasteiger partial charge in [-0.05, 0) is 36.2 Å². The summed E-state index contributed by atoms with van der Waals surface area (Å²) in [5, 5.41) is 9.77. The first-order valence-electron chi connectivity index (χ1n) is 7.58. The number of rotatable bonds is 4. The number of pyridine rings is 1. The van der Waals surface area contributed by atoms with Crippen molar-refractivity contribution in [1.29, 1.82) is 0 Å². The molecule has 0 bridgehead atoms. The van der Waals surface area contributed by atoms with E-state index in [0.717, 1.165) is 6.07 Å². The number of benzene rings is 1. The minimum absolute atomic E-state index is 0.0331. The molecule has 0 fully saturated rings. The van der Waals surface area contributed by atoms with Crippen molar-refractivity contribution in [3.05, 3.63) is 65.0 Å². The molecule has 0 atom stereocenters. The molecule has 0 radical (unpaired) electrons. The number of carbonyl (C=O) groups is 1. The van der Waals surface area contributed by atoms with Gasteiger partial charge in [0.05, 0.1) is 12.0 Å². The summed E-state index contributed by atoms with van der Waals surface area (Å²) in [7, 11) is 0. The molecule has 0 aliphatic heterocycles. The monoisotopic (exact) mass is 348 g/mol. The average Bonchev–Trinajstić information content (AvgIpc) is 2.80. The SMILES string of the molecule is Cc1c(CC(=O)O)c2cccnc2n1Cc1ccccc1C(F)(F)F. The number of halogens is 3. The largest absolute Gasteiger partial charge is 0.481 e. The summed E-state index contributed by atoms with van der Waals surface area (Å²) in [5.41, 5.74) is 1.07. The van der Waals surface area contributed by atoms with Gasteiger partial charge in [-0.2, -0.15) is 13.2 Å². The molecule has 0 amide bonds. The maximum absolute atomic E-state index is 13.2. The Hall–Kier alpha value is -2.83. The van der Waals surface area contributed by atoms with Crippen LogP contribution in [-0.4, -0.2) is 20.6 Å². The van der Waals surface area contributed by atoms with E-state index in [4.69, 9.17) is 5.11 Å². The lowest BCUT2D eigenvalue weighted by molar-refractivity contribution is -0.138. The van der Waals surface area contributed by atoms with E-state index in [1.807, 2.05) is 0 Å². The van der Waals surface area contributed by atoms with Gasteiger partial charge in [0.1, 0.15) is 5.65 Å². The first-order chi connectivity index (χ1) is 11.8. The van der Waals surface area contributed by atoms with Crippen LogP contribution in [0.3, 0.4) is 0 Å². The first-order valence-corrected chi connectivity index (χ1v) is 7.58. The van der Waals surface area contributed by atoms with E-state index >= 15 is 0 Å². The maximum Gasteiger partial charge on any atom is 0.416 e. The summed E-state index contributed by atoms with van der Waals surface area (Å²) >= 11 is 0. The smallest absolute Gasteiger partial charge is 0.416 e. The highest BCUT2D eigenvalue weighted by molar-refractivity contribution is 5.86. The molecule has 25 heavy (non-hydrogen) atoms. The second-order valence-electron chi connectivity index (χ2n) is 5.75. The zero-order valence-electron chi connectivity index (χ0n) is 13.3. The molecule has 0 saturated heterocycles. The Balaban J connectivity index is 2.15. The van der Waals surface area contributed by atoms with Crippen molar-refractivity contribution in [2.75, 3.05) is 0 Å². The van der Waals surface area contributed by atoms with Crippen molar-refractivity contribution >= 4 is 17.0 Å². The molecule has 4 nitrogen and oxygen atoms in total. The zero-order valence-corrected chi connectivity index (χ0v) is 13.3. The van der Waals surface area contributed by atoms with Crippen molar-refractivity contribution < 1.29 is 23.1 Å². The molecule has 0 aliphatic rings. The predicted molar refractivity (Wildman–Crippen MR) is 86.4 cm³/mol. The van der Waals surface area contributed by atoms with E-state index in [0.29, 0.717) is 22.3 Å². The number of alkyl halides is 3. The van der Waals surface area contributed by atoms with Gasteiger partial charge < -0.3 is 9.67 Å². The fourth-order valence-corrected chi connectivity index (χ4v) is 3.04. The standard InChI is InChI=1S/C18H15F3N2O2/c1-11-14(9-16(24)25)13-6-4-8-22-17(13)23(11)10-12-5-2-3-7-15(12)18(19,20)21/h2-8H,9-10H2,1H3,(H,24,25). The lowest BCUT2D eigenvalue weighted by atomic mass is 10.1. The molecule has 2 heterocycles. The maximum atomic E-state index is 13.2. The third-order valence-electron chi connectivity index (χ3n) is 4.19. The highest BCUT2D eigenvalue weighted by Gasteiger charge is 2.33. The fraction of sp³-hybridized carbons (Fsp3) is 0.222. The number of nitrogens with zero attached hydrogens (tertiary/aromatic N) is 2. The molecule has 3 rings (SSSR count). The van der Waals surface area contributed by atoms with Crippen molar-refractivity contribution in [1.82, 2.24) is 9.55 Å². The van der Waals surface area contributed by atoms with Gasteiger partial charge in [0.2, 0.25) is 0 Å². The summed E-state index contributed by atoms with van der Waals surface area (Å²) in [5.74, 6) is -0.998. The van der Waals surface area contributed by atoms with E-state index in [1.165, 1.54) is 12.1 Å². The Labute approximate surface area is 141 Å². The van der Waals surface area contributed by atoms with Crippen molar-refractivity contribution in [3.63, 3.8) is 0 Å². The van der Waals surface area contributed by atoms with Gasteiger partial charge >= 0.3 is 12.1 Å². The average molecular weight is 348 g/mol. The molecule has 7 heteroatoms. The number of aliphatic carboxylic acids is 1. The van der Waals surface area contributed by atoms with Crippen LogP contribution in [0.15, 0.2) is 42.6 Å². The van der Waals surface area contributed by atoms with E-state index in [9.17, 15) is 18.0 Å². The summed E-state index contributed by atoms with van der Waals surface area (Å²) in [6.45, 7) is 1.67. The summed E-state index contributed by atoms with van der Waals surface area (Å²) in [6, 6.07) is 8.79. The van der Waals surface area contributed by atoms with Gasteiger partial charge in [-0.1, -0.05) is 18.2 Å². The molecule has 0 unspecified atom stereocenters. The molecular weight excluding hydrogens is 333 g/mol. The lowest BCUT2D eigenvalue weighted by Crippen LogP contribution is -2.12. The van der Waals surface area contributed by atoms with Gasteiger partial charge in [0.25, 0.3) is 0 Å². The van der Waals surface area contributed by atoms with Gasteiger partial charge in [-0.25, -0.2) is 4.98 Å². The second-order valence-corrected chi connectivity index (χ2v) is 5.75. The lowest BCUT2D eigenvalue weighted by Gasteiger charge is -2.15. The minimum Gasteiger partial charge on any atom is -0.481 e. The van der Waals surface area contributed by atoms with Crippen LogP contribution < -0.4 is 0 Å². The zero-order chi connectivity index (χ0) is 18.2. The van der Waals surface area contributed by atoms with E-state index in [2.05, 4.69) is 4.98 Å². The van der Waals surface area contributed by atoms with Crippen molar-refractivity contribution in [2.45, 2.75) is 26.1 Å². The second kappa shape index (κ2) is 6.23. The summed E-state index contributed by atoms with van der Waals surface area (Å²) < 4.78 is 41.4. The summed E-state index contributed by atoms with van der Waals surface area (Å²) in [4.78, 5) is 15.4. The Bertz CT molecular complexity index is 945. The van der Waals surface area contributed by atoms with Crippen LogP contribution in [0.25, 0.3) is 11.0 Å². The topological polar surface area (TPSA) is 55.1 Å². The van der Waals surface area contributed by atoms with E-state index in [-0.39, 0.29) is 18.5 Å². The number of hydrogen-bond acceptors (Lipinski definition) is 2. The number of carboxylic acid groups (broad SMARTS) is 1. The van der Waals surface area contributed by atoms with Gasteiger partial charge in [-0.3, -0.25) is 4.79 Å². The first kappa shape index (κ1) is 17.0.